The number of carbonyl (C=O) groups is 1. The zero-order valence-electron chi connectivity index (χ0n) is 15.6. The van der Waals surface area contributed by atoms with E-state index in [-0.39, 0.29) is 17.9 Å². The largest absolute Gasteiger partial charge is 0.291 e. The molecule has 2 rings (SSSR count). The minimum Gasteiger partial charge on any atom is -0.291 e. The van der Waals surface area contributed by atoms with Crippen LogP contribution in [0.1, 0.15) is 82.0 Å². The Balaban J connectivity index is 1.79. The maximum absolute atomic E-state index is 14.4. The highest BCUT2D eigenvalue weighted by molar-refractivity contribution is 5.99. The van der Waals surface area contributed by atoms with E-state index in [1.807, 2.05) is 6.92 Å². The van der Waals surface area contributed by atoms with E-state index in [0.717, 1.165) is 18.8 Å². The molecule has 0 bridgehead atoms. The van der Waals surface area contributed by atoms with E-state index in [2.05, 4.69) is 6.92 Å². The molecule has 0 spiro atoms. The van der Waals surface area contributed by atoms with Crippen LogP contribution in [0.2, 0.25) is 0 Å². The van der Waals surface area contributed by atoms with Crippen LogP contribution in [0.4, 0.5) is 8.78 Å². The van der Waals surface area contributed by atoms with Gasteiger partial charge in [-0.15, -0.1) is 0 Å². The lowest BCUT2D eigenvalue weighted by Crippen LogP contribution is -2.26. The topological polar surface area (TPSA) is 17.1 Å². The van der Waals surface area contributed by atoms with Crippen molar-refractivity contribution in [3.05, 3.63) is 35.6 Å². The van der Waals surface area contributed by atoms with Crippen molar-refractivity contribution in [1.82, 2.24) is 0 Å². The number of hydrogen-bond acceptors (Lipinski definition) is 1. The second kappa shape index (κ2) is 10.0. The van der Waals surface area contributed by atoms with Gasteiger partial charge in [-0.25, -0.2) is 8.78 Å². The quantitative estimate of drug-likeness (QED) is 0.355. The zero-order chi connectivity index (χ0) is 18.2. The lowest BCUT2D eigenvalue weighted by molar-refractivity contribution is 0.0819. The van der Waals surface area contributed by atoms with E-state index >= 15 is 0 Å². The van der Waals surface area contributed by atoms with Gasteiger partial charge in [-0.05, 0) is 49.1 Å². The maximum Gasteiger partial charge on any atom is 0.199 e. The molecule has 1 aromatic rings. The summed E-state index contributed by atoms with van der Waals surface area (Å²) in [6.45, 7) is 4.28. The second-order valence-electron chi connectivity index (χ2n) is 7.80. The smallest absolute Gasteiger partial charge is 0.199 e. The van der Waals surface area contributed by atoms with Crippen LogP contribution in [0.5, 0.6) is 0 Å². The van der Waals surface area contributed by atoms with Crippen molar-refractivity contribution in [3.63, 3.8) is 0 Å². The normalized spacial score (nSPS) is 23.2. The molecule has 0 aliphatic heterocycles. The molecule has 25 heavy (non-hydrogen) atoms. The van der Waals surface area contributed by atoms with Gasteiger partial charge in [0, 0.05) is 0 Å². The highest BCUT2D eigenvalue weighted by atomic mass is 19.1. The number of halogens is 2. The van der Waals surface area contributed by atoms with Crippen molar-refractivity contribution in [1.29, 1.82) is 0 Å². The van der Waals surface area contributed by atoms with E-state index < -0.39 is 17.8 Å². The Hall–Kier alpha value is -1.25. The molecule has 1 aliphatic carbocycles. The van der Waals surface area contributed by atoms with Crippen molar-refractivity contribution in [3.8, 4) is 0 Å². The Morgan fingerprint density at radius 2 is 1.84 bits per heavy atom. The summed E-state index contributed by atoms with van der Waals surface area (Å²) in [7, 11) is 0. The molecule has 2 unspecified atom stereocenters. The molecule has 3 heteroatoms. The summed E-state index contributed by atoms with van der Waals surface area (Å²) in [5, 5.41) is 0. The van der Waals surface area contributed by atoms with Gasteiger partial charge in [0.1, 0.15) is 5.82 Å². The monoisotopic (exact) mass is 350 g/mol. The highest BCUT2D eigenvalue weighted by Gasteiger charge is 2.30. The molecule has 0 amide bonds. The molecule has 2 atom stereocenters. The van der Waals surface area contributed by atoms with E-state index in [4.69, 9.17) is 0 Å². The van der Waals surface area contributed by atoms with Gasteiger partial charge in [-0.1, -0.05) is 64.5 Å². The number of ketones is 1. The highest BCUT2D eigenvalue weighted by Crippen LogP contribution is 2.37. The summed E-state index contributed by atoms with van der Waals surface area (Å²) in [4.78, 5) is 12.2. The first-order valence-corrected chi connectivity index (χ1v) is 9.95. The fraction of sp³-hybridized carbons (Fsp3) is 0.682. The van der Waals surface area contributed by atoms with Crippen molar-refractivity contribution in [2.45, 2.75) is 77.8 Å². The molecule has 0 aromatic heterocycles. The summed E-state index contributed by atoms with van der Waals surface area (Å²) in [5.74, 6) is 0.154. The molecule has 1 nitrogen and oxygen atoms in total. The van der Waals surface area contributed by atoms with E-state index in [1.165, 1.54) is 56.7 Å². The maximum atomic E-state index is 14.4. The third kappa shape index (κ3) is 5.90. The number of alkyl halides is 1. The third-order valence-electron chi connectivity index (χ3n) is 5.91. The molecule has 1 fully saturated rings. The molecule has 1 aromatic carbocycles. The number of carbonyl (C=O) groups excluding carboxylic acids is 1. The van der Waals surface area contributed by atoms with Crippen LogP contribution in [-0.2, 0) is 0 Å². The zero-order valence-corrected chi connectivity index (χ0v) is 15.6. The molecule has 0 radical (unpaired) electrons. The Labute approximate surface area is 151 Å². The Bertz CT molecular complexity index is 535. The first-order valence-electron chi connectivity index (χ1n) is 9.95. The van der Waals surface area contributed by atoms with Crippen LogP contribution in [0, 0.1) is 23.6 Å². The fourth-order valence-electron chi connectivity index (χ4n) is 4.18. The number of rotatable bonds is 9. The van der Waals surface area contributed by atoms with Gasteiger partial charge >= 0.3 is 0 Å². The number of unbranched alkanes of at least 4 members (excludes halogenated alkanes) is 2. The molecule has 1 aliphatic rings. The van der Waals surface area contributed by atoms with Gasteiger partial charge in [0.15, 0.2) is 12.0 Å². The third-order valence-corrected chi connectivity index (χ3v) is 5.91. The van der Waals surface area contributed by atoms with Gasteiger partial charge in [0.05, 0.1) is 5.56 Å². The van der Waals surface area contributed by atoms with E-state index in [1.54, 1.807) is 6.07 Å². The van der Waals surface area contributed by atoms with E-state index in [9.17, 15) is 13.6 Å². The fourth-order valence-corrected chi connectivity index (χ4v) is 4.18. The van der Waals surface area contributed by atoms with E-state index in [0.29, 0.717) is 5.92 Å². The van der Waals surface area contributed by atoms with Gasteiger partial charge < -0.3 is 0 Å². The second-order valence-corrected chi connectivity index (χ2v) is 7.80. The number of hydrogen-bond donors (Lipinski definition) is 0. The van der Waals surface area contributed by atoms with Gasteiger partial charge in [-0.3, -0.25) is 4.79 Å². The average molecular weight is 350 g/mol. The lowest BCUT2D eigenvalue weighted by Gasteiger charge is -2.32. The molecular formula is C22H32F2O. The molecule has 0 saturated heterocycles. The molecule has 0 heterocycles. The lowest BCUT2D eigenvalue weighted by atomic mass is 9.73. The van der Waals surface area contributed by atoms with Gasteiger partial charge in [0.25, 0.3) is 0 Å². The van der Waals surface area contributed by atoms with Crippen molar-refractivity contribution >= 4 is 5.78 Å². The minimum absolute atomic E-state index is 0.123. The van der Waals surface area contributed by atoms with Crippen LogP contribution >= 0.6 is 0 Å². The number of Topliss-reactive ketones (excluding diaryl/α,β-unsaturated/α-hetero) is 1. The van der Waals surface area contributed by atoms with Crippen LogP contribution in [0.3, 0.4) is 0 Å². The summed E-state index contributed by atoms with van der Waals surface area (Å²) in [6.07, 6.45) is 8.58. The van der Waals surface area contributed by atoms with Crippen LogP contribution in [0.25, 0.3) is 0 Å². The van der Waals surface area contributed by atoms with Crippen LogP contribution in [0.15, 0.2) is 24.3 Å². The SMILES string of the molecule is CCCCCC1CCC(C(C)CC(F)C(=O)c2ccccc2F)CC1. The van der Waals surface area contributed by atoms with Crippen LogP contribution < -0.4 is 0 Å². The first kappa shape index (κ1) is 20.1. The van der Waals surface area contributed by atoms with Crippen molar-refractivity contribution < 1.29 is 13.6 Å². The predicted molar refractivity (Wildman–Crippen MR) is 99.0 cm³/mol. The van der Waals surface area contributed by atoms with Crippen molar-refractivity contribution in [2.75, 3.05) is 0 Å². The Morgan fingerprint density at radius 1 is 1.16 bits per heavy atom. The standard InChI is InChI=1S/C22H32F2O/c1-3-4-5-8-17-11-13-18(14-12-17)16(2)15-21(24)22(25)19-9-6-7-10-20(19)23/h6-7,9-10,16-18,21H,3-5,8,11-15H2,1-2H3. The average Bonchev–Trinajstić information content (AvgIpc) is 2.62. The Morgan fingerprint density at radius 3 is 2.48 bits per heavy atom. The summed E-state index contributed by atoms with van der Waals surface area (Å²) >= 11 is 0. The van der Waals surface area contributed by atoms with Crippen molar-refractivity contribution in [2.24, 2.45) is 17.8 Å². The molecule has 140 valence electrons. The molecular weight excluding hydrogens is 318 g/mol. The first-order chi connectivity index (χ1) is 12.0. The summed E-state index contributed by atoms with van der Waals surface area (Å²) in [5.41, 5.74) is -0.123. The summed E-state index contributed by atoms with van der Waals surface area (Å²) in [6, 6.07) is 5.67. The molecule has 1 saturated carbocycles. The number of benzene rings is 1. The minimum atomic E-state index is -1.60. The molecule has 0 N–H and O–H groups in total. The Kier molecular flexibility index (Phi) is 8.05. The van der Waals surface area contributed by atoms with Crippen LogP contribution in [-0.4, -0.2) is 12.0 Å². The predicted octanol–water partition coefficient (Wildman–Crippen LogP) is 6.76. The van der Waals surface area contributed by atoms with Gasteiger partial charge in [-0.2, -0.15) is 0 Å². The van der Waals surface area contributed by atoms with Gasteiger partial charge in [0.2, 0.25) is 0 Å². The summed E-state index contributed by atoms with van der Waals surface area (Å²) < 4.78 is 28.1.